The summed E-state index contributed by atoms with van der Waals surface area (Å²) in [5, 5.41) is 6.18. The van der Waals surface area contributed by atoms with Crippen molar-refractivity contribution in [2.75, 3.05) is 58.9 Å². The molecular weight excluding hydrogens is 745 g/mol. The fourth-order valence-corrected chi connectivity index (χ4v) is 7.59. The second-order valence-corrected chi connectivity index (χ2v) is 17.4. The van der Waals surface area contributed by atoms with Gasteiger partial charge in [0.1, 0.15) is 0 Å². The van der Waals surface area contributed by atoms with Crippen LogP contribution in [0.15, 0.2) is 24.3 Å². The van der Waals surface area contributed by atoms with Gasteiger partial charge in [0, 0.05) is 39.0 Å². The van der Waals surface area contributed by atoms with Crippen LogP contribution in [-0.2, 0) is 14.4 Å². The van der Waals surface area contributed by atoms with E-state index in [2.05, 4.69) is 53.7 Å². The summed E-state index contributed by atoms with van der Waals surface area (Å²) >= 11 is 0. The van der Waals surface area contributed by atoms with E-state index < -0.39 is 0 Å². The van der Waals surface area contributed by atoms with Crippen molar-refractivity contribution in [1.29, 1.82) is 0 Å². The molecule has 0 atom stereocenters. The molecule has 0 aromatic rings. The Balaban J connectivity index is 4.30. The van der Waals surface area contributed by atoms with Crippen LogP contribution in [0.1, 0.15) is 226 Å². The zero-order valence-corrected chi connectivity index (χ0v) is 39.8. The lowest BCUT2D eigenvalue weighted by atomic mass is 10.1. The summed E-state index contributed by atoms with van der Waals surface area (Å²) in [5.41, 5.74) is 11.6. The molecule has 0 radical (unpaired) electrons. The molecule has 0 saturated heterocycles. The fourth-order valence-electron chi connectivity index (χ4n) is 7.59. The highest BCUT2D eigenvalue weighted by Crippen LogP contribution is 2.12. The van der Waals surface area contributed by atoms with Gasteiger partial charge in [0.05, 0.1) is 6.54 Å². The summed E-state index contributed by atoms with van der Waals surface area (Å²) in [6.07, 6.45) is 47.2. The van der Waals surface area contributed by atoms with Gasteiger partial charge in [0.2, 0.25) is 17.7 Å². The molecule has 0 aromatic heterocycles. The molecule has 0 spiro atoms. The van der Waals surface area contributed by atoms with Crippen molar-refractivity contribution < 1.29 is 14.4 Å². The maximum Gasteiger partial charge on any atom is 0.236 e. The number of carbonyl (C=O) groups excluding carboxylic acids is 3. The molecular formula is C51H100N6O3. The summed E-state index contributed by atoms with van der Waals surface area (Å²) in [4.78, 5) is 42.6. The molecule has 0 unspecified atom stereocenters. The van der Waals surface area contributed by atoms with Crippen LogP contribution < -0.4 is 22.1 Å². The highest BCUT2D eigenvalue weighted by atomic mass is 16.2. The second-order valence-electron chi connectivity index (χ2n) is 17.4. The van der Waals surface area contributed by atoms with Crippen molar-refractivity contribution in [2.45, 2.75) is 226 Å². The maximum atomic E-state index is 13.5. The van der Waals surface area contributed by atoms with Gasteiger partial charge in [-0.15, -0.1) is 0 Å². The van der Waals surface area contributed by atoms with Gasteiger partial charge < -0.3 is 27.0 Å². The van der Waals surface area contributed by atoms with Crippen LogP contribution in [0.4, 0.5) is 0 Å². The molecule has 0 aromatic carbocycles. The molecule has 0 fully saturated rings. The monoisotopic (exact) mass is 845 g/mol. The van der Waals surface area contributed by atoms with Crippen LogP contribution in [0.5, 0.6) is 0 Å². The molecule has 0 rings (SSSR count). The Hall–Kier alpha value is -2.23. The minimum atomic E-state index is 0.108. The van der Waals surface area contributed by atoms with Gasteiger partial charge >= 0.3 is 0 Å². The Kier molecular flexibility index (Phi) is 46.0. The van der Waals surface area contributed by atoms with Gasteiger partial charge in [-0.25, -0.2) is 0 Å². The van der Waals surface area contributed by atoms with Crippen LogP contribution in [0, 0.1) is 0 Å². The predicted molar refractivity (Wildman–Crippen MR) is 259 cm³/mol. The van der Waals surface area contributed by atoms with Gasteiger partial charge in [0.25, 0.3) is 0 Å². The van der Waals surface area contributed by atoms with E-state index in [1.165, 1.54) is 141 Å². The molecule has 0 aliphatic rings. The van der Waals surface area contributed by atoms with E-state index in [1.807, 2.05) is 4.90 Å². The molecule has 6 N–H and O–H groups in total. The number of nitrogens with zero attached hydrogens (tertiary/aromatic N) is 2. The molecule has 352 valence electrons. The van der Waals surface area contributed by atoms with E-state index in [9.17, 15) is 14.4 Å². The van der Waals surface area contributed by atoms with Gasteiger partial charge in [0.15, 0.2) is 0 Å². The van der Waals surface area contributed by atoms with Crippen LogP contribution in [0.25, 0.3) is 0 Å². The highest BCUT2D eigenvalue weighted by Gasteiger charge is 2.17. The number of rotatable bonds is 47. The summed E-state index contributed by atoms with van der Waals surface area (Å²) < 4.78 is 0. The predicted octanol–water partition coefficient (Wildman–Crippen LogP) is 11.3. The number of nitrogens with two attached hydrogens (primary N) is 2. The Bertz CT molecular complexity index is 997. The van der Waals surface area contributed by atoms with Crippen molar-refractivity contribution in [1.82, 2.24) is 20.4 Å². The molecule has 9 heteroatoms. The van der Waals surface area contributed by atoms with Crippen molar-refractivity contribution in [3.8, 4) is 0 Å². The number of unbranched alkanes of at least 4 members (excludes halogenated alkanes) is 23. The van der Waals surface area contributed by atoms with E-state index in [-0.39, 0.29) is 17.7 Å². The molecule has 0 saturated carbocycles. The number of carbonyl (C=O) groups is 3. The van der Waals surface area contributed by atoms with Crippen molar-refractivity contribution >= 4 is 17.7 Å². The van der Waals surface area contributed by atoms with Crippen molar-refractivity contribution in [2.24, 2.45) is 11.5 Å². The lowest BCUT2D eigenvalue weighted by Gasteiger charge is -2.28. The van der Waals surface area contributed by atoms with Crippen LogP contribution in [0.2, 0.25) is 0 Å². The third kappa shape index (κ3) is 42.5. The van der Waals surface area contributed by atoms with E-state index >= 15 is 0 Å². The number of allylic oxidation sites excluding steroid dienone is 4. The summed E-state index contributed by atoms with van der Waals surface area (Å²) in [6, 6.07) is 0. The fraction of sp³-hybridized carbons (Fsp3) is 0.863. The first-order valence-corrected chi connectivity index (χ1v) is 25.7. The summed E-state index contributed by atoms with van der Waals surface area (Å²) in [6.45, 7) is 10.1. The Morgan fingerprint density at radius 1 is 0.417 bits per heavy atom. The van der Waals surface area contributed by atoms with E-state index in [0.29, 0.717) is 58.7 Å². The second kappa shape index (κ2) is 47.8. The van der Waals surface area contributed by atoms with Gasteiger partial charge in [-0.05, 0) is 122 Å². The summed E-state index contributed by atoms with van der Waals surface area (Å²) in [5.74, 6) is 0.350. The van der Waals surface area contributed by atoms with E-state index in [1.54, 1.807) is 0 Å². The minimum Gasteiger partial charge on any atom is -0.356 e. The molecule has 0 heterocycles. The average molecular weight is 845 g/mol. The number of amides is 3. The zero-order valence-electron chi connectivity index (χ0n) is 39.8. The quantitative estimate of drug-likeness (QED) is 0.0356. The average Bonchev–Trinajstić information content (AvgIpc) is 3.25. The van der Waals surface area contributed by atoms with E-state index in [0.717, 1.165) is 70.9 Å². The molecule has 9 nitrogen and oxygen atoms in total. The molecule has 0 aliphatic carbocycles. The van der Waals surface area contributed by atoms with Crippen molar-refractivity contribution in [3.05, 3.63) is 24.3 Å². The van der Waals surface area contributed by atoms with Crippen LogP contribution in [0.3, 0.4) is 0 Å². The number of hydrogen-bond donors (Lipinski definition) is 4. The molecule has 60 heavy (non-hydrogen) atoms. The van der Waals surface area contributed by atoms with Crippen LogP contribution >= 0.6 is 0 Å². The smallest absolute Gasteiger partial charge is 0.236 e. The van der Waals surface area contributed by atoms with Gasteiger partial charge in [-0.2, -0.15) is 0 Å². The third-order valence-electron chi connectivity index (χ3n) is 11.5. The highest BCUT2D eigenvalue weighted by molar-refractivity contribution is 5.78. The Morgan fingerprint density at radius 2 is 0.783 bits per heavy atom. The zero-order chi connectivity index (χ0) is 43.8. The standard InChI is InChI=1S/C51H100N6O3/c1-3-5-7-9-11-13-15-17-19-21-23-25-27-29-31-38-49(58)54-42-33-34-46-57(51(60)48-56(44-35-40-52)45-36-41-53)47-37-43-55-50(59)39-32-30-28-26-24-22-20-18-16-14-12-10-8-6-4-2/h17-20H,3-16,21-48,52-53H2,1-2H3,(H,54,58)(H,55,59)/b19-17-,20-18-. The SMILES string of the molecule is CCCCCCCC/C=C\CCCCCCCC(=O)NCCCCN(CCCNC(=O)CCCCCCC/C=C\CCCCCCCC)C(=O)CN(CCCN)CCCN. The lowest BCUT2D eigenvalue weighted by Crippen LogP contribution is -2.43. The Morgan fingerprint density at radius 3 is 1.20 bits per heavy atom. The largest absolute Gasteiger partial charge is 0.356 e. The molecule has 0 aliphatic heterocycles. The molecule has 3 amide bonds. The molecule has 0 bridgehead atoms. The first-order chi connectivity index (χ1) is 29.5. The summed E-state index contributed by atoms with van der Waals surface area (Å²) in [7, 11) is 0. The topological polar surface area (TPSA) is 134 Å². The third-order valence-corrected chi connectivity index (χ3v) is 11.5. The lowest BCUT2D eigenvalue weighted by molar-refractivity contribution is -0.132. The Labute approximate surface area is 371 Å². The first kappa shape index (κ1) is 57.8. The van der Waals surface area contributed by atoms with Gasteiger partial charge in [-0.3, -0.25) is 19.3 Å². The maximum absolute atomic E-state index is 13.5. The van der Waals surface area contributed by atoms with Gasteiger partial charge in [-0.1, -0.05) is 141 Å². The minimum absolute atomic E-state index is 0.108. The normalized spacial score (nSPS) is 11.7. The first-order valence-electron chi connectivity index (χ1n) is 25.7. The van der Waals surface area contributed by atoms with Crippen LogP contribution in [-0.4, -0.2) is 86.4 Å². The number of hydrogen-bond acceptors (Lipinski definition) is 6. The van der Waals surface area contributed by atoms with E-state index in [4.69, 9.17) is 11.5 Å². The van der Waals surface area contributed by atoms with Crippen molar-refractivity contribution in [3.63, 3.8) is 0 Å². The number of nitrogens with one attached hydrogen (secondary N) is 2.